The Labute approximate surface area is 58.8 Å². The summed E-state index contributed by atoms with van der Waals surface area (Å²) < 4.78 is 0. The average molecular weight is 157 g/mol. The van der Waals surface area contributed by atoms with Gasteiger partial charge >= 0.3 is 16.8 Å². The first-order valence-electron chi connectivity index (χ1n) is 1.84. The summed E-state index contributed by atoms with van der Waals surface area (Å²) in [5.74, 6) is -0.687. The fourth-order valence-corrected chi connectivity index (χ4v) is 0.227. The molecule has 3 heteroatoms. The van der Waals surface area contributed by atoms with Gasteiger partial charge in [0.15, 0.2) is 0 Å². The first kappa shape index (κ1) is 10.5. The van der Waals surface area contributed by atoms with Crippen LogP contribution in [0.15, 0.2) is 0 Å². The van der Waals surface area contributed by atoms with Crippen molar-refractivity contribution >= 4 is 11.6 Å². The molecule has 0 saturated heterocycles. The van der Waals surface area contributed by atoms with Crippen LogP contribution in [0.2, 0.25) is 0 Å². The summed E-state index contributed by atoms with van der Waals surface area (Å²) in [7, 11) is 0. The van der Waals surface area contributed by atoms with Gasteiger partial charge in [-0.05, 0) is 12.7 Å². The summed E-state index contributed by atoms with van der Waals surface area (Å²) in [6, 6.07) is 0. The zero-order chi connectivity index (χ0) is 5.86. The Morgan fingerprint density at radius 3 is 1.88 bits per heavy atom. The van der Waals surface area contributed by atoms with Crippen molar-refractivity contribution in [3.05, 3.63) is 13.3 Å². The van der Waals surface area contributed by atoms with Gasteiger partial charge in [0.1, 0.15) is 0 Å². The largest absolute Gasteiger partial charge is 2.00 e. The van der Waals surface area contributed by atoms with Crippen molar-refractivity contribution < 1.29 is 26.4 Å². The van der Waals surface area contributed by atoms with E-state index in [-0.39, 0.29) is 22.6 Å². The molecule has 0 unspecified atom stereocenters. The maximum atomic E-state index is 9.94. The van der Waals surface area contributed by atoms with Crippen LogP contribution in [0.4, 0.5) is 0 Å². The van der Waals surface area contributed by atoms with Crippen LogP contribution >= 0.6 is 0 Å². The smallest absolute Gasteiger partial charge is 0.369 e. The monoisotopic (exact) mass is 157 g/mol. The molecule has 2 nitrogen and oxygen atoms in total. The molecule has 0 atom stereocenters. The molecule has 8 heavy (non-hydrogen) atoms. The van der Waals surface area contributed by atoms with Gasteiger partial charge < -0.3 is 16.5 Å². The first-order valence-corrected chi connectivity index (χ1v) is 1.84. The minimum absolute atomic E-state index is 0. The maximum Gasteiger partial charge on any atom is 2.00 e. The Bertz CT molecular complexity index is 86.6. The summed E-state index contributed by atoms with van der Waals surface area (Å²) in [4.78, 5) is 19.8. The number of Topliss-reactive ketones (excluding diaryl/α,β-unsaturated/α-hetero) is 2. The predicted molar refractivity (Wildman–Crippen MR) is 25.3 cm³/mol. The third-order valence-corrected chi connectivity index (χ3v) is 0.364. The van der Waals surface area contributed by atoms with E-state index >= 15 is 0 Å². The summed E-state index contributed by atoms with van der Waals surface area (Å²) in [5, 5.41) is 0. The van der Waals surface area contributed by atoms with E-state index in [0.29, 0.717) is 0 Å². The van der Waals surface area contributed by atoms with Crippen LogP contribution in [0.1, 0.15) is 6.92 Å². The number of ketones is 2. The minimum Gasteiger partial charge on any atom is -0.369 e. The molecule has 1 radical (unpaired) electrons. The van der Waals surface area contributed by atoms with Gasteiger partial charge in [-0.3, -0.25) is 6.42 Å². The van der Waals surface area contributed by atoms with Crippen LogP contribution in [0, 0.1) is 13.3 Å². The van der Waals surface area contributed by atoms with Crippen molar-refractivity contribution in [2.24, 2.45) is 0 Å². The molecule has 0 spiro atoms. The van der Waals surface area contributed by atoms with E-state index in [0.717, 1.165) is 6.42 Å². The third-order valence-electron chi connectivity index (χ3n) is 0.364. The van der Waals surface area contributed by atoms with E-state index in [1.807, 2.05) is 0 Å². The molecule has 0 fully saturated rings. The van der Waals surface area contributed by atoms with Gasteiger partial charge in [0.05, 0.1) is 0 Å². The topological polar surface area (TPSA) is 34.1 Å². The van der Waals surface area contributed by atoms with Gasteiger partial charge in [0.25, 0.3) is 0 Å². The van der Waals surface area contributed by atoms with Crippen molar-refractivity contribution in [3.8, 4) is 0 Å². The molecular weight excluding hydrogens is 151 g/mol. The van der Waals surface area contributed by atoms with E-state index in [1.54, 1.807) is 0 Å². The Hall–Kier alpha value is -0.414. The number of hydrogen-bond acceptors (Lipinski definition) is 2. The molecule has 0 aromatic carbocycles. The molecule has 0 aromatic heterocycles. The van der Waals surface area contributed by atoms with Crippen molar-refractivity contribution in [1.29, 1.82) is 0 Å². The Kier molecular flexibility index (Phi) is 6.25. The van der Waals surface area contributed by atoms with Crippen molar-refractivity contribution in [2.45, 2.75) is 6.92 Å². The number of carbonyl (C=O) groups is 2. The molecule has 0 aliphatic carbocycles. The van der Waals surface area contributed by atoms with E-state index in [4.69, 9.17) is 0 Å². The summed E-state index contributed by atoms with van der Waals surface area (Å²) in [5.41, 5.74) is 0. The summed E-state index contributed by atoms with van der Waals surface area (Å²) >= 11 is 0. The van der Waals surface area contributed by atoms with Gasteiger partial charge in [-0.2, -0.15) is 0 Å². The van der Waals surface area contributed by atoms with Gasteiger partial charge in [0.2, 0.25) is 0 Å². The molecule has 0 bridgehead atoms. The number of hydrogen-bond donors (Lipinski definition) is 0. The van der Waals surface area contributed by atoms with Gasteiger partial charge in [-0.25, -0.2) is 0 Å². The van der Waals surface area contributed by atoms with Crippen LogP contribution in [0.3, 0.4) is 0 Å². The third kappa shape index (κ3) is 9.14. The van der Waals surface area contributed by atoms with Crippen LogP contribution in [0.5, 0.6) is 0 Å². The number of rotatable bonds is 2. The van der Waals surface area contributed by atoms with Crippen molar-refractivity contribution in [1.82, 2.24) is 0 Å². The van der Waals surface area contributed by atoms with Crippen LogP contribution < -0.4 is 0 Å². The van der Waals surface area contributed by atoms with E-state index in [1.165, 1.54) is 6.92 Å². The second-order valence-corrected chi connectivity index (χ2v) is 1.22. The minimum atomic E-state index is -0.437. The van der Waals surface area contributed by atoms with Gasteiger partial charge in [0, 0.05) is 0 Å². The van der Waals surface area contributed by atoms with Crippen molar-refractivity contribution in [3.63, 3.8) is 0 Å². The molecule has 0 amide bonds. The molecule has 0 N–H and O–H groups in total. The molecule has 0 heterocycles. The molecule has 47 valence electrons. The Morgan fingerprint density at radius 2 is 1.88 bits per heavy atom. The summed E-state index contributed by atoms with van der Waals surface area (Å²) in [6.45, 7) is 4.27. The zero-order valence-corrected chi connectivity index (χ0v) is 5.48. The molecule has 0 aromatic rings. The van der Waals surface area contributed by atoms with Crippen LogP contribution in [-0.2, 0) is 26.4 Å². The van der Waals surface area contributed by atoms with Crippen LogP contribution in [0.25, 0.3) is 0 Å². The molecular formula is C5H6CoO2. The molecule has 0 rings (SSSR count). The standard InChI is InChI=1S/C5H6O2.Co/c1-4(6)3-5(2)7;/h3H,1H2,2H3;/q-2;+2. The molecule has 0 aliphatic rings. The Morgan fingerprint density at radius 1 is 1.50 bits per heavy atom. The van der Waals surface area contributed by atoms with E-state index in [2.05, 4.69) is 6.92 Å². The summed E-state index contributed by atoms with van der Waals surface area (Å²) in [6.07, 6.45) is 0.944. The van der Waals surface area contributed by atoms with E-state index in [9.17, 15) is 9.59 Å². The van der Waals surface area contributed by atoms with Crippen LogP contribution in [-0.4, -0.2) is 11.6 Å². The normalized spacial score (nSPS) is 6.62. The number of carbonyl (C=O) groups excluding carboxylic acids is 2. The fraction of sp³-hybridized carbons (Fsp3) is 0.200. The second kappa shape index (κ2) is 4.74. The average Bonchev–Trinajstić information content (AvgIpc) is 1.27. The first-order chi connectivity index (χ1) is 3.13. The molecule has 0 aliphatic heterocycles. The van der Waals surface area contributed by atoms with Gasteiger partial charge in [-0.15, -0.1) is 5.78 Å². The fourth-order valence-electron chi connectivity index (χ4n) is 0.227. The Balaban J connectivity index is 0. The van der Waals surface area contributed by atoms with E-state index < -0.39 is 5.78 Å². The molecule has 0 saturated carbocycles. The van der Waals surface area contributed by atoms with Crippen molar-refractivity contribution in [2.75, 3.05) is 0 Å². The van der Waals surface area contributed by atoms with Gasteiger partial charge in [-0.1, -0.05) is 0 Å². The zero-order valence-electron chi connectivity index (χ0n) is 4.43. The maximum absolute atomic E-state index is 9.94. The predicted octanol–water partition coefficient (Wildman–Crippen LogP) is 0.180. The quantitative estimate of drug-likeness (QED) is 0.423. The second-order valence-electron chi connectivity index (χ2n) is 1.22. The SMILES string of the molecule is [CH2-]C(=O)[CH-]C(C)=O.[Co+2].